The minimum atomic E-state index is 0.231. The molecule has 1 aliphatic rings. The van der Waals surface area contributed by atoms with Crippen molar-refractivity contribution < 1.29 is 9.53 Å². The third-order valence-electron chi connectivity index (χ3n) is 3.28. The van der Waals surface area contributed by atoms with Gasteiger partial charge in [-0.2, -0.15) is 0 Å². The molecule has 0 unspecified atom stereocenters. The second-order valence-corrected chi connectivity index (χ2v) is 4.58. The Kier molecular flexibility index (Phi) is 3.27. The van der Waals surface area contributed by atoms with Gasteiger partial charge >= 0.3 is 0 Å². The second kappa shape index (κ2) is 5.22. The average molecular weight is 257 g/mol. The molecule has 98 valence electrons. The summed E-state index contributed by atoms with van der Waals surface area (Å²) in [5.41, 5.74) is 0.866. The number of fused-ring (bicyclic) bond motifs is 1. The zero-order valence-corrected chi connectivity index (χ0v) is 10.6. The van der Waals surface area contributed by atoms with E-state index in [4.69, 9.17) is 4.74 Å². The molecule has 5 heteroatoms. The first-order valence-electron chi connectivity index (χ1n) is 6.43. The minimum absolute atomic E-state index is 0.231. The Hall–Kier alpha value is -2.17. The maximum atomic E-state index is 11.4. The van der Waals surface area contributed by atoms with Crippen molar-refractivity contribution in [2.75, 3.05) is 19.7 Å². The number of hydrogen-bond acceptors (Lipinski definition) is 4. The van der Waals surface area contributed by atoms with Crippen LogP contribution in [0.25, 0.3) is 10.9 Å². The fourth-order valence-corrected chi connectivity index (χ4v) is 2.26. The molecule has 1 aromatic heterocycles. The van der Waals surface area contributed by atoms with E-state index in [0.717, 1.165) is 29.6 Å². The number of benzene rings is 1. The summed E-state index contributed by atoms with van der Waals surface area (Å²) in [6, 6.07) is 5.73. The number of ether oxygens (including phenoxy) is 1. The molecule has 0 bridgehead atoms. The molecule has 1 amide bonds. The van der Waals surface area contributed by atoms with E-state index in [1.54, 1.807) is 6.20 Å². The topological polar surface area (TPSA) is 55.3 Å². The lowest BCUT2D eigenvalue weighted by molar-refractivity contribution is -0.128. The zero-order chi connectivity index (χ0) is 13.1. The van der Waals surface area contributed by atoms with Gasteiger partial charge in [0, 0.05) is 30.6 Å². The van der Waals surface area contributed by atoms with Gasteiger partial charge in [0.05, 0.1) is 12.1 Å². The summed E-state index contributed by atoms with van der Waals surface area (Å²) in [7, 11) is 0. The number of rotatable bonds is 4. The highest BCUT2D eigenvalue weighted by atomic mass is 16.5. The Labute approximate surface area is 111 Å². The van der Waals surface area contributed by atoms with Gasteiger partial charge in [-0.3, -0.25) is 4.79 Å². The number of carbonyl (C=O) groups excluding carboxylic acids is 1. The van der Waals surface area contributed by atoms with E-state index in [0.29, 0.717) is 19.6 Å². The van der Waals surface area contributed by atoms with Gasteiger partial charge in [0.25, 0.3) is 0 Å². The molecule has 5 nitrogen and oxygen atoms in total. The molecule has 19 heavy (non-hydrogen) atoms. The number of aromatic nitrogens is 2. The van der Waals surface area contributed by atoms with Gasteiger partial charge in [0.2, 0.25) is 5.91 Å². The largest absolute Gasteiger partial charge is 0.492 e. The highest BCUT2D eigenvalue weighted by Crippen LogP contribution is 2.18. The van der Waals surface area contributed by atoms with E-state index in [-0.39, 0.29) is 5.91 Å². The SMILES string of the molecule is O=C1CCCN1CCOc1ccc2cncnc2c1. The van der Waals surface area contributed by atoms with Crippen molar-refractivity contribution in [3.8, 4) is 5.75 Å². The normalized spacial score (nSPS) is 15.2. The van der Waals surface area contributed by atoms with Gasteiger partial charge in [-0.05, 0) is 18.6 Å². The molecule has 1 aromatic carbocycles. The van der Waals surface area contributed by atoms with E-state index in [2.05, 4.69) is 9.97 Å². The van der Waals surface area contributed by atoms with E-state index in [9.17, 15) is 4.79 Å². The van der Waals surface area contributed by atoms with Crippen molar-refractivity contribution in [3.63, 3.8) is 0 Å². The van der Waals surface area contributed by atoms with Crippen LogP contribution in [0.4, 0.5) is 0 Å². The smallest absolute Gasteiger partial charge is 0.222 e. The molecule has 0 aliphatic carbocycles. The third kappa shape index (κ3) is 2.65. The highest BCUT2D eigenvalue weighted by Gasteiger charge is 2.19. The number of hydrogen-bond donors (Lipinski definition) is 0. The summed E-state index contributed by atoms with van der Waals surface area (Å²) in [5, 5.41) is 0.990. The van der Waals surface area contributed by atoms with Crippen LogP contribution < -0.4 is 4.74 Å². The number of carbonyl (C=O) groups is 1. The molecule has 2 heterocycles. The predicted octanol–water partition coefficient (Wildman–Crippen LogP) is 1.63. The maximum absolute atomic E-state index is 11.4. The lowest BCUT2D eigenvalue weighted by atomic mass is 10.2. The Morgan fingerprint density at radius 2 is 2.32 bits per heavy atom. The highest BCUT2D eigenvalue weighted by molar-refractivity contribution is 5.79. The van der Waals surface area contributed by atoms with Crippen LogP contribution in [0.1, 0.15) is 12.8 Å². The molecule has 1 fully saturated rings. The molecule has 2 aromatic rings. The van der Waals surface area contributed by atoms with Crippen molar-refractivity contribution in [1.82, 2.24) is 14.9 Å². The lowest BCUT2D eigenvalue weighted by Crippen LogP contribution is -2.29. The summed E-state index contributed by atoms with van der Waals surface area (Å²) in [5.74, 6) is 1.01. The molecule has 0 atom stereocenters. The summed E-state index contributed by atoms with van der Waals surface area (Å²) in [6.07, 6.45) is 4.93. The molecule has 0 N–H and O–H groups in total. The quantitative estimate of drug-likeness (QED) is 0.835. The van der Waals surface area contributed by atoms with Crippen LogP contribution in [0.2, 0.25) is 0 Å². The average Bonchev–Trinajstić information content (AvgIpc) is 2.84. The summed E-state index contributed by atoms with van der Waals surface area (Å²) in [4.78, 5) is 21.4. The third-order valence-corrected chi connectivity index (χ3v) is 3.28. The fraction of sp³-hybridized carbons (Fsp3) is 0.357. The molecule has 3 rings (SSSR count). The van der Waals surface area contributed by atoms with Gasteiger partial charge in [0.15, 0.2) is 0 Å². The molecular formula is C14H15N3O2. The van der Waals surface area contributed by atoms with Crippen LogP contribution in [0.5, 0.6) is 5.75 Å². The maximum Gasteiger partial charge on any atom is 0.222 e. The van der Waals surface area contributed by atoms with Gasteiger partial charge in [-0.15, -0.1) is 0 Å². The van der Waals surface area contributed by atoms with E-state index < -0.39 is 0 Å². The monoisotopic (exact) mass is 257 g/mol. The van der Waals surface area contributed by atoms with Crippen molar-refractivity contribution in [2.24, 2.45) is 0 Å². The van der Waals surface area contributed by atoms with Crippen LogP contribution in [0, 0.1) is 0 Å². The van der Waals surface area contributed by atoms with Crippen LogP contribution in [0.3, 0.4) is 0 Å². The Morgan fingerprint density at radius 3 is 3.16 bits per heavy atom. The Morgan fingerprint density at radius 1 is 1.37 bits per heavy atom. The van der Waals surface area contributed by atoms with Crippen LogP contribution in [-0.2, 0) is 4.79 Å². The van der Waals surface area contributed by atoms with E-state index >= 15 is 0 Å². The van der Waals surface area contributed by atoms with Crippen molar-refractivity contribution in [3.05, 3.63) is 30.7 Å². The van der Waals surface area contributed by atoms with Crippen molar-refractivity contribution in [2.45, 2.75) is 12.8 Å². The van der Waals surface area contributed by atoms with Crippen LogP contribution >= 0.6 is 0 Å². The van der Waals surface area contributed by atoms with Crippen LogP contribution in [0.15, 0.2) is 30.7 Å². The summed E-state index contributed by atoms with van der Waals surface area (Å²) in [6.45, 7) is 2.02. The van der Waals surface area contributed by atoms with Gasteiger partial charge in [-0.1, -0.05) is 0 Å². The first-order valence-corrected chi connectivity index (χ1v) is 6.43. The Balaban J connectivity index is 1.60. The first-order chi connectivity index (χ1) is 9.33. The molecule has 0 spiro atoms. The van der Waals surface area contributed by atoms with E-state index in [1.807, 2.05) is 23.1 Å². The lowest BCUT2D eigenvalue weighted by Gasteiger charge is -2.15. The van der Waals surface area contributed by atoms with Gasteiger partial charge in [-0.25, -0.2) is 9.97 Å². The number of amides is 1. The van der Waals surface area contributed by atoms with E-state index in [1.165, 1.54) is 6.33 Å². The molecule has 1 aliphatic heterocycles. The Bertz CT molecular complexity index is 600. The summed E-state index contributed by atoms with van der Waals surface area (Å²) < 4.78 is 5.67. The number of likely N-dealkylation sites (tertiary alicyclic amines) is 1. The van der Waals surface area contributed by atoms with Gasteiger partial charge in [0.1, 0.15) is 18.7 Å². The minimum Gasteiger partial charge on any atom is -0.492 e. The molecule has 1 saturated heterocycles. The fourth-order valence-electron chi connectivity index (χ4n) is 2.26. The number of nitrogens with zero attached hydrogens (tertiary/aromatic N) is 3. The van der Waals surface area contributed by atoms with Crippen molar-refractivity contribution >= 4 is 16.8 Å². The molecule has 0 saturated carbocycles. The van der Waals surface area contributed by atoms with Crippen molar-refractivity contribution in [1.29, 1.82) is 0 Å². The van der Waals surface area contributed by atoms with Crippen LogP contribution in [-0.4, -0.2) is 40.5 Å². The first kappa shape index (κ1) is 11.9. The summed E-state index contributed by atoms with van der Waals surface area (Å²) >= 11 is 0. The second-order valence-electron chi connectivity index (χ2n) is 4.58. The standard InChI is InChI=1S/C14H15N3O2/c18-14-2-1-5-17(14)6-7-19-12-4-3-11-9-15-10-16-13(11)8-12/h3-4,8-10H,1-2,5-7H2. The predicted molar refractivity (Wildman–Crippen MR) is 70.8 cm³/mol. The zero-order valence-electron chi connectivity index (χ0n) is 10.6. The molecular weight excluding hydrogens is 242 g/mol. The van der Waals surface area contributed by atoms with Gasteiger partial charge < -0.3 is 9.64 Å². The molecule has 0 radical (unpaired) electrons.